The number of hydrogen-bond donors (Lipinski definition) is 3. The van der Waals surface area contributed by atoms with Crippen LogP contribution in [0.15, 0.2) is 41.5 Å². The molecule has 0 saturated carbocycles. The third kappa shape index (κ3) is 8.38. The molecule has 0 fully saturated rings. The van der Waals surface area contributed by atoms with E-state index in [4.69, 9.17) is 34.8 Å². The molecule has 3 N–H and O–H groups in total. The summed E-state index contributed by atoms with van der Waals surface area (Å²) in [5.41, 5.74) is 1.54. The van der Waals surface area contributed by atoms with E-state index in [9.17, 15) is 4.79 Å². The zero-order valence-corrected chi connectivity index (χ0v) is 19.7. The fraction of sp³-hybridized carbons (Fsp3) is 0.278. The van der Waals surface area contributed by atoms with Crippen LogP contribution in [0.4, 0.5) is 0 Å². The number of nitrogens with one attached hydrogen (secondary N) is 3. The van der Waals surface area contributed by atoms with Crippen molar-refractivity contribution in [1.29, 1.82) is 0 Å². The number of halogens is 4. The number of carbonyl (C=O) groups excluding carboxylic acids is 1. The number of carbonyl (C=O) groups is 1. The molecule has 1 aromatic carbocycles. The normalized spacial score (nSPS) is 10.8. The summed E-state index contributed by atoms with van der Waals surface area (Å²) >= 11 is 17.5. The van der Waals surface area contributed by atoms with Crippen molar-refractivity contribution in [2.45, 2.75) is 6.42 Å². The van der Waals surface area contributed by atoms with Gasteiger partial charge in [-0.1, -0.05) is 40.9 Å². The summed E-state index contributed by atoms with van der Waals surface area (Å²) in [5, 5.41) is 10.4. The summed E-state index contributed by atoms with van der Waals surface area (Å²) in [4.78, 5) is 20.3. The number of hydrogen-bond acceptors (Lipinski definition) is 3. The Kier molecular flexibility index (Phi) is 11.5. The van der Waals surface area contributed by atoms with E-state index >= 15 is 0 Å². The number of aliphatic imine (C=N–C) groups is 1. The second-order valence-corrected chi connectivity index (χ2v) is 6.75. The Morgan fingerprint density at radius 3 is 2.36 bits per heavy atom. The van der Waals surface area contributed by atoms with E-state index in [1.165, 1.54) is 0 Å². The smallest absolute Gasteiger partial charge is 0.251 e. The van der Waals surface area contributed by atoms with Crippen LogP contribution in [-0.2, 0) is 6.42 Å². The molecule has 0 atom stereocenters. The number of amides is 1. The Morgan fingerprint density at radius 1 is 1.00 bits per heavy atom. The predicted molar refractivity (Wildman–Crippen MR) is 127 cm³/mol. The van der Waals surface area contributed by atoms with Crippen molar-refractivity contribution in [1.82, 2.24) is 20.9 Å². The van der Waals surface area contributed by atoms with E-state index in [0.717, 1.165) is 12.0 Å². The SMILES string of the molecule is CN=C(NCCNC(=O)c1ccc(Cl)c(Cl)c1)NCCc1ccc(Cl)nc1.I. The molecule has 2 rings (SSSR count). The van der Waals surface area contributed by atoms with Gasteiger partial charge in [-0.3, -0.25) is 9.79 Å². The van der Waals surface area contributed by atoms with Crippen molar-refractivity contribution < 1.29 is 4.79 Å². The minimum absolute atomic E-state index is 0. The van der Waals surface area contributed by atoms with Gasteiger partial charge >= 0.3 is 0 Å². The minimum Gasteiger partial charge on any atom is -0.356 e. The van der Waals surface area contributed by atoms with E-state index in [1.807, 2.05) is 6.07 Å². The Bertz CT molecular complexity index is 802. The molecular formula is C18H21Cl3IN5O. The standard InChI is InChI=1S/C18H20Cl3N5O.HI/c1-22-18(24-7-6-12-2-5-16(21)26-11-12)25-9-8-23-17(27)13-3-4-14(19)15(20)10-13;/h2-5,10-11H,6-9H2,1H3,(H,23,27)(H2,22,24,25);1H. The van der Waals surface area contributed by atoms with Crippen LogP contribution in [0.3, 0.4) is 0 Å². The van der Waals surface area contributed by atoms with Crippen molar-refractivity contribution in [2.75, 3.05) is 26.7 Å². The summed E-state index contributed by atoms with van der Waals surface area (Å²) in [6.45, 7) is 1.65. The fourth-order valence-corrected chi connectivity index (χ4v) is 2.61. The minimum atomic E-state index is -0.214. The zero-order chi connectivity index (χ0) is 19.6. The first-order chi connectivity index (χ1) is 13.0. The Labute approximate surface area is 196 Å². The van der Waals surface area contributed by atoms with Gasteiger partial charge in [0.1, 0.15) is 5.15 Å². The average Bonchev–Trinajstić information content (AvgIpc) is 2.67. The maximum absolute atomic E-state index is 12.1. The third-order valence-corrected chi connectivity index (χ3v) is 4.57. The molecular weight excluding hydrogens is 535 g/mol. The number of pyridine rings is 1. The molecule has 0 aliphatic heterocycles. The van der Waals surface area contributed by atoms with Crippen LogP contribution < -0.4 is 16.0 Å². The van der Waals surface area contributed by atoms with Crippen LogP contribution in [0.1, 0.15) is 15.9 Å². The monoisotopic (exact) mass is 555 g/mol. The van der Waals surface area contributed by atoms with Crippen LogP contribution in [0.2, 0.25) is 15.2 Å². The molecule has 1 amide bonds. The highest BCUT2D eigenvalue weighted by Gasteiger charge is 2.07. The first kappa shape index (κ1) is 24.7. The molecule has 1 aromatic heterocycles. The van der Waals surface area contributed by atoms with Gasteiger partial charge in [0.25, 0.3) is 5.91 Å². The van der Waals surface area contributed by atoms with Crippen LogP contribution in [-0.4, -0.2) is 43.5 Å². The van der Waals surface area contributed by atoms with Crippen LogP contribution >= 0.6 is 58.8 Å². The van der Waals surface area contributed by atoms with Crippen LogP contribution in [0.5, 0.6) is 0 Å². The van der Waals surface area contributed by atoms with Gasteiger partial charge in [0.15, 0.2) is 5.96 Å². The molecule has 0 radical (unpaired) electrons. The van der Waals surface area contributed by atoms with Crippen molar-refractivity contribution in [2.24, 2.45) is 4.99 Å². The highest BCUT2D eigenvalue weighted by molar-refractivity contribution is 14.0. The Hall–Kier alpha value is -1.29. The highest BCUT2D eigenvalue weighted by Crippen LogP contribution is 2.22. The van der Waals surface area contributed by atoms with Gasteiger partial charge in [0, 0.05) is 38.4 Å². The van der Waals surface area contributed by atoms with E-state index in [-0.39, 0.29) is 29.9 Å². The predicted octanol–water partition coefficient (Wildman–Crippen LogP) is 3.80. The Morgan fingerprint density at radius 2 is 1.71 bits per heavy atom. The lowest BCUT2D eigenvalue weighted by atomic mass is 10.2. The van der Waals surface area contributed by atoms with Crippen molar-refractivity contribution >= 4 is 70.6 Å². The van der Waals surface area contributed by atoms with Gasteiger partial charge in [0.2, 0.25) is 0 Å². The van der Waals surface area contributed by atoms with Gasteiger partial charge in [0.05, 0.1) is 10.0 Å². The summed E-state index contributed by atoms with van der Waals surface area (Å²) in [6, 6.07) is 8.47. The molecule has 0 saturated heterocycles. The molecule has 0 spiro atoms. The second-order valence-electron chi connectivity index (χ2n) is 5.55. The number of guanidine groups is 1. The molecule has 152 valence electrons. The van der Waals surface area contributed by atoms with Crippen LogP contribution in [0, 0.1) is 0 Å². The molecule has 10 heteroatoms. The third-order valence-electron chi connectivity index (χ3n) is 3.60. The number of nitrogens with zero attached hydrogens (tertiary/aromatic N) is 2. The van der Waals surface area contributed by atoms with Gasteiger partial charge in [-0.15, -0.1) is 24.0 Å². The van der Waals surface area contributed by atoms with E-state index in [1.54, 1.807) is 37.5 Å². The topological polar surface area (TPSA) is 78.4 Å². The molecule has 2 aromatic rings. The molecule has 28 heavy (non-hydrogen) atoms. The van der Waals surface area contributed by atoms with E-state index in [0.29, 0.717) is 46.4 Å². The van der Waals surface area contributed by atoms with Gasteiger partial charge in [-0.25, -0.2) is 4.98 Å². The van der Waals surface area contributed by atoms with Crippen molar-refractivity contribution in [3.63, 3.8) is 0 Å². The fourth-order valence-electron chi connectivity index (χ4n) is 2.20. The van der Waals surface area contributed by atoms with E-state index in [2.05, 4.69) is 25.9 Å². The summed E-state index contributed by atoms with van der Waals surface area (Å²) < 4.78 is 0. The highest BCUT2D eigenvalue weighted by atomic mass is 127. The maximum atomic E-state index is 12.1. The number of aromatic nitrogens is 1. The first-order valence-electron chi connectivity index (χ1n) is 8.28. The molecule has 1 heterocycles. The lowest BCUT2D eigenvalue weighted by Gasteiger charge is -2.12. The second kappa shape index (κ2) is 13.0. The Balaban J connectivity index is 0.00000392. The molecule has 0 bridgehead atoms. The zero-order valence-electron chi connectivity index (χ0n) is 15.1. The maximum Gasteiger partial charge on any atom is 0.251 e. The average molecular weight is 557 g/mol. The quantitative estimate of drug-likeness (QED) is 0.159. The van der Waals surface area contributed by atoms with E-state index < -0.39 is 0 Å². The number of rotatable bonds is 7. The molecule has 6 nitrogen and oxygen atoms in total. The largest absolute Gasteiger partial charge is 0.356 e. The molecule has 0 aliphatic rings. The van der Waals surface area contributed by atoms with Gasteiger partial charge in [-0.05, 0) is 36.2 Å². The lowest BCUT2D eigenvalue weighted by molar-refractivity contribution is 0.0954. The molecule has 0 aliphatic carbocycles. The van der Waals surface area contributed by atoms with Gasteiger partial charge in [-0.2, -0.15) is 0 Å². The number of benzene rings is 1. The summed E-state index contributed by atoms with van der Waals surface area (Å²) in [6.07, 6.45) is 2.54. The van der Waals surface area contributed by atoms with Crippen LogP contribution in [0.25, 0.3) is 0 Å². The van der Waals surface area contributed by atoms with Crippen molar-refractivity contribution in [3.8, 4) is 0 Å². The summed E-state index contributed by atoms with van der Waals surface area (Å²) in [7, 11) is 1.69. The lowest BCUT2D eigenvalue weighted by Crippen LogP contribution is -2.42. The summed E-state index contributed by atoms with van der Waals surface area (Å²) in [5.74, 6) is 0.439. The van der Waals surface area contributed by atoms with Gasteiger partial charge < -0.3 is 16.0 Å². The molecule has 0 unspecified atom stereocenters. The first-order valence-corrected chi connectivity index (χ1v) is 9.41. The van der Waals surface area contributed by atoms with Crippen molar-refractivity contribution in [3.05, 3.63) is 62.9 Å².